The van der Waals surface area contributed by atoms with Crippen LogP contribution in [-0.2, 0) is 31.0 Å². The van der Waals surface area contributed by atoms with Crippen molar-refractivity contribution < 1.29 is 19.0 Å². The van der Waals surface area contributed by atoms with Crippen LogP contribution in [0.2, 0.25) is 0 Å². The van der Waals surface area contributed by atoms with Crippen molar-refractivity contribution in [2.75, 3.05) is 14.2 Å². The Morgan fingerprint density at radius 1 is 1.00 bits per heavy atom. The number of benzene rings is 2. The molecule has 2 aromatic carbocycles. The van der Waals surface area contributed by atoms with Gasteiger partial charge in [0.1, 0.15) is 6.61 Å². The van der Waals surface area contributed by atoms with E-state index in [1.807, 2.05) is 54.6 Å². The van der Waals surface area contributed by atoms with Crippen LogP contribution in [0.5, 0.6) is 0 Å². The van der Waals surface area contributed by atoms with E-state index in [0.717, 1.165) is 16.7 Å². The van der Waals surface area contributed by atoms with Crippen LogP contribution in [0.4, 0.5) is 0 Å². The number of fused-ring (bicyclic) bond motifs is 1. The molecule has 2 aromatic rings. The molecule has 0 saturated heterocycles. The molecule has 1 unspecified atom stereocenters. The maximum Gasteiger partial charge on any atom is 0.326 e. The molecule has 0 aliphatic carbocycles. The Kier molecular flexibility index (Phi) is 3.96. The number of carbonyl (C=O) groups excluding carboxylic acids is 1. The fraction of sp³-hybridized carbons (Fsp3) is 0.278. The van der Waals surface area contributed by atoms with Crippen LogP contribution in [-0.4, -0.2) is 26.5 Å². The van der Waals surface area contributed by atoms with Gasteiger partial charge in [-0.3, -0.25) is 4.79 Å². The van der Waals surface area contributed by atoms with Gasteiger partial charge < -0.3 is 14.2 Å². The van der Waals surface area contributed by atoms with Gasteiger partial charge in [-0.05, 0) is 16.7 Å². The number of ether oxygens (including phenoxy) is 3. The van der Waals surface area contributed by atoms with E-state index in [0.29, 0.717) is 0 Å². The number of carbonyl (C=O) groups is 1. The molecule has 4 heteroatoms. The van der Waals surface area contributed by atoms with Crippen LogP contribution in [0, 0.1) is 0 Å². The highest BCUT2D eigenvalue weighted by Crippen LogP contribution is 2.43. The highest BCUT2D eigenvalue weighted by atomic mass is 16.7. The minimum atomic E-state index is -1.13. The monoisotopic (exact) mass is 298 g/mol. The number of esters is 1. The number of methoxy groups -OCH3 is 2. The molecule has 0 radical (unpaired) electrons. The predicted molar refractivity (Wildman–Crippen MR) is 81.3 cm³/mol. The molecule has 0 saturated carbocycles. The normalized spacial score (nSPS) is 20.6. The number of hydrogen-bond donors (Lipinski definition) is 0. The zero-order valence-corrected chi connectivity index (χ0v) is 12.6. The van der Waals surface area contributed by atoms with Crippen molar-refractivity contribution in [1.29, 1.82) is 0 Å². The van der Waals surface area contributed by atoms with Gasteiger partial charge >= 0.3 is 5.97 Å². The lowest BCUT2D eigenvalue weighted by atomic mass is 9.71. The molecule has 0 bridgehead atoms. The third kappa shape index (κ3) is 2.03. The van der Waals surface area contributed by atoms with E-state index in [1.54, 1.807) is 0 Å². The summed E-state index contributed by atoms with van der Waals surface area (Å²) in [4.78, 5) is 12.9. The molecular formula is C18H18O4. The standard InChI is InChI=1S/C18H18O4/c1-20-17(21-2)18(14-9-4-3-5-10-14)15-11-7-6-8-13(15)12-22-16(18)19/h3-11,17H,12H2,1-2H3. The third-order valence-corrected chi connectivity index (χ3v) is 4.13. The Balaban J connectivity index is 2.33. The van der Waals surface area contributed by atoms with Crippen LogP contribution in [0.25, 0.3) is 0 Å². The Labute approximate surface area is 129 Å². The van der Waals surface area contributed by atoms with E-state index in [2.05, 4.69) is 0 Å². The fourth-order valence-electron chi connectivity index (χ4n) is 3.18. The molecule has 0 amide bonds. The molecule has 1 aliphatic heterocycles. The highest BCUT2D eigenvalue weighted by Gasteiger charge is 2.54. The highest BCUT2D eigenvalue weighted by molar-refractivity contribution is 5.90. The number of hydrogen-bond acceptors (Lipinski definition) is 4. The van der Waals surface area contributed by atoms with Gasteiger partial charge in [0.2, 0.25) is 0 Å². The molecule has 0 fully saturated rings. The molecule has 0 spiro atoms. The first-order chi connectivity index (χ1) is 10.7. The second-order valence-electron chi connectivity index (χ2n) is 5.21. The molecule has 3 rings (SSSR count). The largest absolute Gasteiger partial charge is 0.460 e. The summed E-state index contributed by atoms with van der Waals surface area (Å²) in [5.41, 5.74) is 1.50. The van der Waals surface area contributed by atoms with E-state index < -0.39 is 11.7 Å². The first-order valence-corrected chi connectivity index (χ1v) is 7.12. The Morgan fingerprint density at radius 2 is 1.64 bits per heavy atom. The molecule has 0 N–H and O–H groups in total. The summed E-state index contributed by atoms with van der Waals surface area (Å²) in [6.07, 6.45) is -0.774. The van der Waals surface area contributed by atoms with Gasteiger partial charge in [-0.25, -0.2) is 0 Å². The van der Waals surface area contributed by atoms with Crippen molar-refractivity contribution in [3.05, 3.63) is 71.3 Å². The Morgan fingerprint density at radius 3 is 2.32 bits per heavy atom. The summed E-state index contributed by atoms with van der Waals surface area (Å²) in [7, 11) is 3.06. The van der Waals surface area contributed by atoms with Gasteiger partial charge in [0.15, 0.2) is 11.7 Å². The lowest BCUT2D eigenvalue weighted by Gasteiger charge is -2.41. The van der Waals surface area contributed by atoms with Crippen LogP contribution in [0.3, 0.4) is 0 Å². The lowest BCUT2D eigenvalue weighted by Crippen LogP contribution is -2.52. The topological polar surface area (TPSA) is 44.8 Å². The molecule has 0 aromatic heterocycles. The van der Waals surface area contributed by atoms with E-state index in [4.69, 9.17) is 14.2 Å². The average molecular weight is 298 g/mol. The summed E-state index contributed by atoms with van der Waals surface area (Å²) >= 11 is 0. The second-order valence-corrected chi connectivity index (χ2v) is 5.21. The van der Waals surface area contributed by atoms with Crippen molar-refractivity contribution in [2.45, 2.75) is 18.3 Å². The quantitative estimate of drug-likeness (QED) is 0.643. The number of cyclic esters (lactones) is 1. The first-order valence-electron chi connectivity index (χ1n) is 7.12. The van der Waals surface area contributed by atoms with Crippen molar-refractivity contribution in [2.24, 2.45) is 0 Å². The molecule has 1 aliphatic rings. The van der Waals surface area contributed by atoms with Gasteiger partial charge in [0.25, 0.3) is 0 Å². The Bertz CT molecular complexity index is 664. The minimum absolute atomic E-state index is 0.268. The minimum Gasteiger partial charge on any atom is -0.460 e. The van der Waals surface area contributed by atoms with Crippen LogP contribution >= 0.6 is 0 Å². The van der Waals surface area contributed by atoms with E-state index in [1.165, 1.54) is 14.2 Å². The zero-order chi connectivity index (χ0) is 15.6. The van der Waals surface area contributed by atoms with Gasteiger partial charge in [-0.15, -0.1) is 0 Å². The summed E-state index contributed by atoms with van der Waals surface area (Å²) in [6, 6.07) is 17.2. The molecule has 1 atom stereocenters. The van der Waals surface area contributed by atoms with Crippen LogP contribution in [0.1, 0.15) is 16.7 Å². The van der Waals surface area contributed by atoms with Crippen molar-refractivity contribution in [1.82, 2.24) is 0 Å². The number of rotatable bonds is 4. The predicted octanol–water partition coefficient (Wildman–Crippen LogP) is 2.65. The summed E-state index contributed by atoms with van der Waals surface area (Å²) in [5.74, 6) is -0.355. The molecule has 22 heavy (non-hydrogen) atoms. The van der Waals surface area contributed by atoms with Gasteiger partial charge in [-0.2, -0.15) is 0 Å². The van der Waals surface area contributed by atoms with Crippen LogP contribution < -0.4 is 0 Å². The summed E-state index contributed by atoms with van der Waals surface area (Å²) < 4.78 is 16.5. The van der Waals surface area contributed by atoms with Gasteiger partial charge in [0, 0.05) is 14.2 Å². The van der Waals surface area contributed by atoms with Crippen molar-refractivity contribution in [3.63, 3.8) is 0 Å². The van der Waals surface area contributed by atoms with E-state index in [-0.39, 0.29) is 12.6 Å². The molecule has 4 nitrogen and oxygen atoms in total. The van der Waals surface area contributed by atoms with Crippen molar-refractivity contribution >= 4 is 5.97 Å². The van der Waals surface area contributed by atoms with E-state index >= 15 is 0 Å². The molecular weight excluding hydrogens is 280 g/mol. The smallest absolute Gasteiger partial charge is 0.326 e. The zero-order valence-electron chi connectivity index (χ0n) is 12.6. The lowest BCUT2D eigenvalue weighted by molar-refractivity contribution is -0.183. The molecule has 1 heterocycles. The second kappa shape index (κ2) is 5.91. The van der Waals surface area contributed by atoms with Gasteiger partial charge in [0.05, 0.1) is 0 Å². The maximum atomic E-state index is 12.9. The Hall–Kier alpha value is -2.17. The van der Waals surface area contributed by atoms with Crippen LogP contribution in [0.15, 0.2) is 54.6 Å². The summed E-state index contributed by atoms with van der Waals surface area (Å²) in [6.45, 7) is 0.268. The fourth-order valence-corrected chi connectivity index (χ4v) is 3.18. The summed E-state index contributed by atoms with van der Waals surface area (Å²) in [5, 5.41) is 0. The maximum absolute atomic E-state index is 12.9. The van der Waals surface area contributed by atoms with Gasteiger partial charge in [-0.1, -0.05) is 54.6 Å². The van der Waals surface area contributed by atoms with E-state index in [9.17, 15) is 4.79 Å². The third-order valence-electron chi connectivity index (χ3n) is 4.13. The SMILES string of the molecule is COC(OC)C1(c2ccccc2)C(=O)OCc2ccccc21. The average Bonchev–Trinajstić information content (AvgIpc) is 2.58. The molecule has 114 valence electrons. The van der Waals surface area contributed by atoms with Crippen molar-refractivity contribution in [3.8, 4) is 0 Å². The first kappa shape index (κ1) is 14.8.